The Kier molecular flexibility index (Phi) is 5.26. The van der Waals surface area contributed by atoms with Crippen LogP contribution in [0.5, 0.6) is 0 Å². The topological polar surface area (TPSA) is 41.1 Å². The molecule has 1 unspecified atom stereocenters. The lowest BCUT2D eigenvalue weighted by Crippen LogP contribution is -2.43. The van der Waals surface area contributed by atoms with Gasteiger partial charge in [-0.25, -0.2) is 0 Å². The Balaban J connectivity index is 2.42. The summed E-state index contributed by atoms with van der Waals surface area (Å²) in [6, 6.07) is 0. The molecule has 0 aromatic heterocycles. The molecular formula is C13H26N2O. The van der Waals surface area contributed by atoms with Crippen LogP contribution < -0.4 is 10.6 Å². The zero-order valence-corrected chi connectivity index (χ0v) is 10.9. The van der Waals surface area contributed by atoms with Crippen molar-refractivity contribution in [2.45, 2.75) is 46.5 Å². The Morgan fingerprint density at radius 2 is 2.25 bits per heavy atom. The number of hydrogen-bond acceptors (Lipinski definition) is 2. The molecule has 0 aliphatic carbocycles. The molecule has 3 nitrogen and oxygen atoms in total. The second-order valence-electron chi connectivity index (χ2n) is 5.40. The quantitative estimate of drug-likeness (QED) is 0.726. The maximum absolute atomic E-state index is 12.2. The minimum atomic E-state index is -0.119. The van der Waals surface area contributed by atoms with Gasteiger partial charge < -0.3 is 10.6 Å². The molecule has 1 saturated heterocycles. The molecule has 0 bridgehead atoms. The Bertz CT molecular complexity index is 220. The van der Waals surface area contributed by atoms with E-state index in [-0.39, 0.29) is 11.3 Å². The summed E-state index contributed by atoms with van der Waals surface area (Å²) in [5.74, 6) is 0.920. The second kappa shape index (κ2) is 6.24. The largest absolute Gasteiger partial charge is 0.356 e. The third-order valence-electron chi connectivity index (χ3n) is 3.46. The summed E-state index contributed by atoms with van der Waals surface area (Å²) in [5.41, 5.74) is -0.119. The zero-order valence-electron chi connectivity index (χ0n) is 10.9. The molecule has 0 aromatic rings. The van der Waals surface area contributed by atoms with Crippen LogP contribution in [-0.2, 0) is 4.79 Å². The first-order chi connectivity index (χ1) is 7.60. The van der Waals surface area contributed by atoms with Crippen LogP contribution in [0.4, 0.5) is 0 Å². The molecule has 0 saturated carbocycles. The van der Waals surface area contributed by atoms with E-state index < -0.39 is 0 Å². The molecule has 0 aromatic carbocycles. The lowest BCUT2D eigenvalue weighted by atomic mass is 9.81. The lowest BCUT2D eigenvalue weighted by molar-refractivity contribution is -0.130. The summed E-state index contributed by atoms with van der Waals surface area (Å²) in [6.07, 6.45) is 4.16. The van der Waals surface area contributed by atoms with Crippen molar-refractivity contribution < 1.29 is 4.79 Å². The summed E-state index contributed by atoms with van der Waals surface area (Å²) < 4.78 is 0. The van der Waals surface area contributed by atoms with Gasteiger partial charge in [0.1, 0.15) is 0 Å². The average Bonchev–Trinajstić information content (AvgIpc) is 2.67. The maximum Gasteiger partial charge on any atom is 0.227 e. The van der Waals surface area contributed by atoms with Crippen molar-refractivity contribution in [2.75, 3.05) is 19.6 Å². The molecule has 0 spiro atoms. The molecular weight excluding hydrogens is 200 g/mol. The number of carbonyl (C=O) groups excluding carboxylic acids is 1. The monoisotopic (exact) mass is 226 g/mol. The standard InChI is InChI=1S/C13H26N2O/c1-4-6-13(7-9-14-10-13)12(16)15-8-5-11(2)3/h11,14H,4-10H2,1-3H3,(H,15,16). The van der Waals surface area contributed by atoms with Crippen molar-refractivity contribution in [3.05, 3.63) is 0 Å². The van der Waals surface area contributed by atoms with Gasteiger partial charge in [0, 0.05) is 13.1 Å². The smallest absolute Gasteiger partial charge is 0.227 e. The fourth-order valence-electron chi connectivity index (χ4n) is 2.40. The van der Waals surface area contributed by atoms with E-state index in [9.17, 15) is 4.79 Å². The molecule has 16 heavy (non-hydrogen) atoms. The summed E-state index contributed by atoms with van der Waals surface area (Å²) in [5, 5.41) is 6.42. The van der Waals surface area contributed by atoms with Gasteiger partial charge in [0.25, 0.3) is 0 Å². The third kappa shape index (κ3) is 3.48. The molecule has 1 aliphatic rings. The van der Waals surface area contributed by atoms with Crippen LogP contribution in [0.25, 0.3) is 0 Å². The predicted molar refractivity (Wildman–Crippen MR) is 67.3 cm³/mol. The van der Waals surface area contributed by atoms with Gasteiger partial charge in [0.2, 0.25) is 5.91 Å². The van der Waals surface area contributed by atoms with E-state index in [4.69, 9.17) is 0 Å². The van der Waals surface area contributed by atoms with Gasteiger partial charge in [0.05, 0.1) is 5.41 Å². The molecule has 1 atom stereocenters. The summed E-state index contributed by atoms with van der Waals surface area (Å²) in [6.45, 7) is 9.19. The van der Waals surface area contributed by atoms with Crippen LogP contribution in [0.3, 0.4) is 0 Å². The minimum Gasteiger partial charge on any atom is -0.356 e. The first kappa shape index (κ1) is 13.5. The van der Waals surface area contributed by atoms with E-state index >= 15 is 0 Å². The normalized spacial score (nSPS) is 25.0. The average molecular weight is 226 g/mol. The highest BCUT2D eigenvalue weighted by Gasteiger charge is 2.39. The molecule has 0 radical (unpaired) electrons. The fourth-order valence-corrected chi connectivity index (χ4v) is 2.40. The lowest BCUT2D eigenvalue weighted by Gasteiger charge is -2.26. The second-order valence-corrected chi connectivity index (χ2v) is 5.40. The predicted octanol–water partition coefficient (Wildman–Crippen LogP) is 1.93. The SMILES string of the molecule is CCCC1(C(=O)NCCC(C)C)CCNC1. The van der Waals surface area contributed by atoms with Crippen LogP contribution >= 0.6 is 0 Å². The number of carbonyl (C=O) groups is 1. The Labute approximate surface area is 99.4 Å². The molecule has 94 valence electrons. The summed E-state index contributed by atoms with van der Waals surface area (Å²) in [7, 11) is 0. The van der Waals surface area contributed by atoms with Gasteiger partial charge >= 0.3 is 0 Å². The molecule has 1 rings (SSSR count). The van der Waals surface area contributed by atoms with Crippen molar-refractivity contribution in [2.24, 2.45) is 11.3 Å². The van der Waals surface area contributed by atoms with Crippen LogP contribution in [0, 0.1) is 11.3 Å². The molecule has 1 fully saturated rings. The zero-order chi connectivity index (χ0) is 12.0. The van der Waals surface area contributed by atoms with Crippen LogP contribution in [0.1, 0.15) is 46.5 Å². The summed E-state index contributed by atoms with van der Waals surface area (Å²) >= 11 is 0. The number of hydrogen-bond donors (Lipinski definition) is 2. The van der Waals surface area contributed by atoms with Crippen molar-refractivity contribution in [1.29, 1.82) is 0 Å². The minimum absolute atomic E-state index is 0.119. The Morgan fingerprint density at radius 3 is 2.75 bits per heavy atom. The number of nitrogens with one attached hydrogen (secondary N) is 2. The van der Waals surface area contributed by atoms with E-state index in [0.29, 0.717) is 5.92 Å². The highest BCUT2D eigenvalue weighted by Crippen LogP contribution is 2.31. The van der Waals surface area contributed by atoms with Crippen molar-refractivity contribution in [1.82, 2.24) is 10.6 Å². The van der Waals surface area contributed by atoms with Gasteiger partial charge in [0.15, 0.2) is 0 Å². The van der Waals surface area contributed by atoms with Crippen LogP contribution in [0.2, 0.25) is 0 Å². The fraction of sp³-hybridized carbons (Fsp3) is 0.923. The van der Waals surface area contributed by atoms with Gasteiger partial charge in [-0.1, -0.05) is 27.2 Å². The van der Waals surface area contributed by atoms with Gasteiger partial charge in [-0.3, -0.25) is 4.79 Å². The molecule has 1 aliphatic heterocycles. The van der Waals surface area contributed by atoms with Gasteiger partial charge in [-0.15, -0.1) is 0 Å². The molecule has 3 heteroatoms. The molecule has 1 heterocycles. The van der Waals surface area contributed by atoms with E-state index in [1.165, 1.54) is 0 Å². The number of amides is 1. The highest BCUT2D eigenvalue weighted by atomic mass is 16.2. The van der Waals surface area contributed by atoms with Crippen molar-refractivity contribution in [3.8, 4) is 0 Å². The van der Waals surface area contributed by atoms with E-state index in [1.54, 1.807) is 0 Å². The maximum atomic E-state index is 12.2. The third-order valence-corrected chi connectivity index (χ3v) is 3.46. The van der Waals surface area contributed by atoms with E-state index in [1.807, 2.05) is 0 Å². The van der Waals surface area contributed by atoms with Gasteiger partial charge in [-0.2, -0.15) is 0 Å². The Morgan fingerprint density at radius 1 is 1.50 bits per heavy atom. The van der Waals surface area contributed by atoms with Crippen molar-refractivity contribution in [3.63, 3.8) is 0 Å². The summed E-state index contributed by atoms with van der Waals surface area (Å²) in [4.78, 5) is 12.2. The highest BCUT2D eigenvalue weighted by molar-refractivity contribution is 5.83. The molecule has 1 amide bonds. The van der Waals surface area contributed by atoms with Crippen LogP contribution in [-0.4, -0.2) is 25.5 Å². The van der Waals surface area contributed by atoms with Gasteiger partial charge in [-0.05, 0) is 31.7 Å². The number of rotatable bonds is 6. The first-order valence-electron chi connectivity index (χ1n) is 6.60. The Hall–Kier alpha value is -0.570. The van der Waals surface area contributed by atoms with Crippen molar-refractivity contribution >= 4 is 5.91 Å². The van der Waals surface area contributed by atoms with E-state index in [0.717, 1.165) is 45.3 Å². The van der Waals surface area contributed by atoms with Crippen LogP contribution in [0.15, 0.2) is 0 Å². The van der Waals surface area contributed by atoms with E-state index in [2.05, 4.69) is 31.4 Å². The molecule has 2 N–H and O–H groups in total. The first-order valence-corrected chi connectivity index (χ1v) is 6.60.